The van der Waals surface area contributed by atoms with Crippen LogP contribution in [0, 0.1) is 12.7 Å². The van der Waals surface area contributed by atoms with Crippen LogP contribution in [0.2, 0.25) is 0 Å². The van der Waals surface area contributed by atoms with Gasteiger partial charge >= 0.3 is 6.03 Å². The van der Waals surface area contributed by atoms with Gasteiger partial charge in [-0.3, -0.25) is 10.1 Å². The van der Waals surface area contributed by atoms with Crippen LogP contribution in [0.5, 0.6) is 0 Å². The molecule has 5 nitrogen and oxygen atoms in total. The topological polar surface area (TPSA) is 70.2 Å². The van der Waals surface area contributed by atoms with Gasteiger partial charge in [-0.25, -0.2) is 9.18 Å². The molecule has 0 bridgehead atoms. The van der Waals surface area contributed by atoms with Crippen LogP contribution in [-0.4, -0.2) is 24.5 Å². The molecule has 1 aromatic carbocycles. The van der Waals surface area contributed by atoms with Gasteiger partial charge in [-0.15, -0.1) is 0 Å². The minimum atomic E-state index is -0.544. The number of hydrogen-bond acceptors (Lipinski definition) is 3. The lowest BCUT2D eigenvalue weighted by Crippen LogP contribution is -2.44. The van der Waals surface area contributed by atoms with E-state index >= 15 is 0 Å². The van der Waals surface area contributed by atoms with Crippen molar-refractivity contribution in [2.45, 2.75) is 26.8 Å². The molecule has 19 heavy (non-hydrogen) atoms. The Balaban J connectivity index is 2.46. The molecule has 0 aliphatic carbocycles. The number of aryl methyl sites for hydroxylation is 1. The van der Waals surface area contributed by atoms with E-state index in [-0.39, 0.29) is 18.4 Å². The van der Waals surface area contributed by atoms with Crippen molar-refractivity contribution in [2.24, 2.45) is 0 Å². The van der Waals surface area contributed by atoms with Gasteiger partial charge < -0.3 is 10.6 Å². The molecule has 0 saturated heterocycles. The minimum Gasteiger partial charge on any atom is -0.376 e. The average Bonchev–Trinajstić information content (AvgIpc) is 2.29. The summed E-state index contributed by atoms with van der Waals surface area (Å²) in [7, 11) is 0. The predicted octanol–water partition coefficient (Wildman–Crippen LogP) is 1.78. The van der Waals surface area contributed by atoms with E-state index < -0.39 is 11.9 Å². The van der Waals surface area contributed by atoms with Crippen molar-refractivity contribution in [3.63, 3.8) is 0 Å². The molecule has 0 radical (unpaired) electrons. The van der Waals surface area contributed by atoms with Crippen LogP contribution >= 0.6 is 0 Å². The molecule has 0 aliphatic rings. The number of carbonyl (C=O) groups excluding carboxylic acids is 2. The van der Waals surface area contributed by atoms with Gasteiger partial charge in [-0.1, -0.05) is 6.07 Å². The predicted molar refractivity (Wildman–Crippen MR) is 71.4 cm³/mol. The first-order chi connectivity index (χ1) is 8.88. The van der Waals surface area contributed by atoms with Crippen LogP contribution in [0.3, 0.4) is 0 Å². The van der Waals surface area contributed by atoms with Gasteiger partial charge in [-0.05, 0) is 38.5 Å². The minimum absolute atomic E-state index is 0.0498. The van der Waals surface area contributed by atoms with E-state index in [9.17, 15) is 14.0 Å². The summed E-state index contributed by atoms with van der Waals surface area (Å²) in [6.07, 6.45) is 0. The third-order valence-corrected chi connectivity index (χ3v) is 2.31. The number of anilines is 1. The van der Waals surface area contributed by atoms with Crippen LogP contribution < -0.4 is 16.0 Å². The molecule has 0 atom stereocenters. The number of rotatable bonds is 4. The Morgan fingerprint density at radius 2 is 2.00 bits per heavy atom. The van der Waals surface area contributed by atoms with Crippen LogP contribution in [-0.2, 0) is 4.79 Å². The van der Waals surface area contributed by atoms with E-state index in [1.54, 1.807) is 26.8 Å². The third-order valence-electron chi connectivity index (χ3n) is 2.31. The summed E-state index contributed by atoms with van der Waals surface area (Å²) in [5.74, 6) is -0.868. The van der Waals surface area contributed by atoms with Crippen molar-refractivity contribution in [2.75, 3.05) is 11.9 Å². The number of urea groups is 1. The smallest absolute Gasteiger partial charge is 0.321 e. The Bertz CT molecular complexity index is 475. The molecular weight excluding hydrogens is 249 g/mol. The molecule has 0 fully saturated rings. The fraction of sp³-hybridized carbons (Fsp3) is 0.385. The normalized spacial score (nSPS) is 10.2. The number of halogens is 1. The maximum atomic E-state index is 13.0. The first kappa shape index (κ1) is 14.9. The number of carbonyl (C=O) groups is 2. The Hall–Kier alpha value is -2.11. The zero-order chi connectivity index (χ0) is 14.4. The first-order valence-corrected chi connectivity index (χ1v) is 5.99. The molecule has 0 aliphatic heterocycles. The standard InChI is InChI=1S/C13H18FN3O2/c1-8(2)16-13(19)17-12(18)7-15-11-6-10(14)5-4-9(11)3/h4-6,8,15H,7H2,1-3H3,(H2,16,17,18,19). The number of benzene rings is 1. The zero-order valence-electron chi connectivity index (χ0n) is 11.2. The number of nitrogens with one attached hydrogen (secondary N) is 3. The molecule has 6 heteroatoms. The van der Waals surface area contributed by atoms with E-state index in [1.165, 1.54) is 12.1 Å². The SMILES string of the molecule is Cc1ccc(F)cc1NCC(=O)NC(=O)NC(C)C. The van der Waals surface area contributed by atoms with Gasteiger partial charge in [-0.2, -0.15) is 0 Å². The van der Waals surface area contributed by atoms with Crippen molar-refractivity contribution in [1.82, 2.24) is 10.6 Å². The second-order valence-corrected chi connectivity index (χ2v) is 4.49. The summed E-state index contributed by atoms with van der Waals surface area (Å²) in [4.78, 5) is 22.7. The molecule has 0 heterocycles. The Kier molecular flexibility index (Phi) is 5.29. The van der Waals surface area contributed by atoms with Gasteiger partial charge in [0.25, 0.3) is 0 Å². The van der Waals surface area contributed by atoms with Crippen molar-refractivity contribution >= 4 is 17.6 Å². The quantitative estimate of drug-likeness (QED) is 0.778. The van der Waals surface area contributed by atoms with Gasteiger partial charge in [0.1, 0.15) is 5.82 Å². The molecule has 104 valence electrons. The van der Waals surface area contributed by atoms with E-state index in [4.69, 9.17) is 0 Å². The highest BCUT2D eigenvalue weighted by atomic mass is 19.1. The molecule has 0 saturated carbocycles. The number of imide groups is 1. The third kappa shape index (κ3) is 5.37. The zero-order valence-corrected chi connectivity index (χ0v) is 11.2. The highest BCUT2D eigenvalue weighted by Crippen LogP contribution is 2.15. The summed E-state index contributed by atoms with van der Waals surface area (Å²) in [6, 6.07) is 3.66. The lowest BCUT2D eigenvalue weighted by molar-refractivity contribution is -0.118. The van der Waals surface area contributed by atoms with Crippen LogP contribution in [0.1, 0.15) is 19.4 Å². The summed E-state index contributed by atoms with van der Waals surface area (Å²) in [6.45, 7) is 5.28. The highest BCUT2D eigenvalue weighted by Gasteiger charge is 2.09. The summed E-state index contributed by atoms with van der Waals surface area (Å²) < 4.78 is 13.0. The maximum Gasteiger partial charge on any atom is 0.321 e. The molecule has 0 unspecified atom stereocenters. The molecule has 1 rings (SSSR count). The Labute approximate surface area is 111 Å². The van der Waals surface area contributed by atoms with E-state index in [0.717, 1.165) is 5.56 Å². The van der Waals surface area contributed by atoms with E-state index in [1.807, 2.05) is 0 Å². The summed E-state index contributed by atoms with van der Waals surface area (Å²) in [5, 5.41) is 7.48. The van der Waals surface area contributed by atoms with E-state index in [0.29, 0.717) is 5.69 Å². The molecular formula is C13H18FN3O2. The van der Waals surface area contributed by atoms with Gasteiger partial charge in [0.05, 0.1) is 6.54 Å². The molecule has 0 spiro atoms. The van der Waals surface area contributed by atoms with Crippen molar-refractivity contribution in [3.8, 4) is 0 Å². The van der Waals surface area contributed by atoms with Gasteiger partial charge in [0, 0.05) is 11.7 Å². The van der Waals surface area contributed by atoms with E-state index in [2.05, 4.69) is 16.0 Å². The summed E-state index contributed by atoms with van der Waals surface area (Å²) >= 11 is 0. The lowest BCUT2D eigenvalue weighted by atomic mass is 10.2. The van der Waals surface area contributed by atoms with Crippen LogP contribution in [0.25, 0.3) is 0 Å². The second-order valence-electron chi connectivity index (χ2n) is 4.49. The molecule has 3 amide bonds. The lowest BCUT2D eigenvalue weighted by Gasteiger charge is -2.11. The number of hydrogen-bond donors (Lipinski definition) is 3. The fourth-order valence-corrected chi connectivity index (χ4v) is 1.43. The van der Waals surface area contributed by atoms with Crippen LogP contribution in [0.15, 0.2) is 18.2 Å². The van der Waals surface area contributed by atoms with Crippen molar-refractivity contribution < 1.29 is 14.0 Å². The molecule has 1 aromatic rings. The summed E-state index contributed by atoms with van der Waals surface area (Å²) in [5.41, 5.74) is 1.35. The van der Waals surface area contributed by atoms with Gasteiger partial charge in [0.15, 0.2) is 0 Å². The second kappa shape index (κ2) is 6.72. The van der Waals surface area contributed by atoms with Gasteiger partial charge in [0.2, 0.25) is 5.91 Å². The highest BCUT2D eigenvalue weighted by molar-refractivity contribution is 5.96. The van der Waals surface area contributed by atoms with Crippen LogP contribution in [0.4, 0.5) is 14.9 Å². The largest absolute Gasteiger partial charge is 0.376 e. The Morgan fingerprint density at radius 1 is 1.32 bits per heavy atom. The van der Waals surface area contributed by atoms with Crippen molar-refractivity contribution in [1.29, 1.82) is 0 Å². The average molecular weight is 267 g/mol. The molecule has 3 N–H and O–H groups in total. The Morgan fingerprint density at radius 3 is 2.63 bits per heavy atom. The first-order valence-electron chi connectivity index (χ1n) is 5.99. The monoisotopic (exact) mass is 267 g/mol. The fourth-order valence-electron chi connectivity index (χ4n) is 1.43. The maximum absolute atomic E-state index is 13.0. The van der Waals surface area contributed by atoms with Crippen molar-refractivity contribution in [3.05, 3.63) is 29.6 Å². The molecule has 0 aromatic heterocycles. The number of amides is 3.